The second kappa shape index (κ2) is 9.73. The van der Waals surface area contributed by atoms with Crippen LogP contribution in [0.25, 0.3) is 27.9 Å². The molecule has 3 heterocycles. The Morgan fingerprint density at radius 3 is 2.30 bits per heavy atom. The number of benzene rings is 3. The number of aromatic nitrogens is 4. The van der Waals surface area contributed by atoms with Crippen LogP contribution in [0, 0.1) is 12.8 Å². The normalized spacial score (nSPS) is 14.4. The van der Waals surface area contributed by atoms with Gasteiger partial charge in [-0.2, -0.15) is 0 Å². The lowest BCUT2D eigenvalue weighted by Crippen LogP contribution is -2.36. The van der Waals surface area contributed by atoms with Gasteiger partial charge >= 0.3 is 0 Å². The molecule has 0 atom stereocenters. The van der Waals surface area contributed by atoms with Gasteiger partial charge in [0.15, 0.2) is 11.5 Å². The fraction of sp³-hybridized carbons (Fsp3) is 0.300. The summed E-state index contributed by atoms with van der Waals surface area (Å²) in [5.41, 5.74) is 5.19. The number of fused-ring (bicyclic) bond motifs is 3. The molecule has 6 rings (SSSR count). The molecule has 2 aromatic heterocycles. The molecular formula is C30H31N5O2. The van der Waals surface area contributed by atoms with E-state index in [0.717, 1.165) is 66.2 Å². The minimum atomic E-state index is 0.667. The van der Waals surface area contributed by atoms with Crippen LogP contribution in [0.15, 0.2) is 66.7 Å². The van der Waals surface area contributed by atoms with E-state index in [1.165, 1.54) is 11.1 Å². The highest BCUT2D eigenvalue weighted by molar-refractivity contribution is 5.94. The Bertz CT molecular complexity index is 1530. The van der Waals surface area contributed by atoms with Crippen LogP contribution in [0.3, 0.4) is 0 Å². The van der Waals surface area contributed by atoms with E-state index in [1.54, 1.807) is 14.2 Å². The minimum absolute atomic E-state index is 0.667. The number of anilines is 1. The van der Waals surface area contributed by atoms with E-state index < -0.39 is 0 Å². The molecule has 0 saturated carbocycles. The van der Waals surface area contributed by atoms with Crippen LogP contribution in [0.4, 0.5) is 5.95 Å². The van der Waals surface area contributed by atoms with Crippen molar-refractivity contribution in [1.29, 1.82) is 0 Å². The summed E-state index contributed by atoms with van der Waals surface area (Å²) in [5.74, 6) is 3.69. The summed E-state index contributed by atoms with van der Waals surface area (Å²) in [6, 6.07) is 22.9. The first-order chi connectivity index (χ1) is 18.1. The standard InChI is InChI=1S/C30H31N5O2/c1-20-9-10-27-26(15-20)29-33-32-28(23-17-24(36-2)19-25(18-23)37-3)35(29)30(31-27)34-13-11-22(12-14-34)16-21-7-5-4-6-8-21/h4-10,15,17-19,22H,11-14,16H2,1-3H3. The summed E-state index contributed by atoms with van der Waals surface area (Å²) >= 11 is 0. The highest BCUT2D eigenvalue weighted by atomic mass is 16.5. The smallest absolute Gasteiger partial charge is 0.213 e. The molecule has 0 N–H and O–H groups in total. The molecule has 3 aromatic carbocycles. The zero-order valence-corrected chi connectivity index (χ0v) is 21.5. The van der Waals surface area contributed by atoms with Gasteiger partial charge in [-0.3, -0.25) is 0 Å². The molecule has 7 nitrogen and oxygen atoms in total. The van der Waals surface area contributed by atoms with Gasteiger partial charge in [-0.05, 0) is 61.9 Å². The van der Waals surface area contributed by atoms with Crippen molar-refractivity contribution >= 4 is 22.5 Å². The third-order valence-corrected chi connectivity index (χ3v) is 7.35. The van der Waals surface area contributed by atoms with Crippen molar-refractivity contribution in [2.75, 3.05) is 32.2 Å². The zero-order valence-electron chi connectivity index (χ0n) is 21.5. The van der Waals surface area contributed by atoms with Crippen LogP contribution in [0.2, 0.25) is 0 Å². The molecule has 0 radical (unpaired) electrons. The lowest BCUT2D eigenvalue weighted by molar-refractivity contribution is 0.394. The number of nitrogens with zero attached hydrogens (tertiary/aromatic N) is 5. The SMILES string of the molecule is COc1cc(OC)cc(-c2nnc3c4cc(C)ccc4nc(N4CCC(Cc5ccccc5)CC4)n23)c1. The van der Waals surface area contributed by atoms with Gasteiger partial charge in [0.1, 0.15) is 11.5 Å². The van der Waals surface area contributed by atoms with Crippen molar-refractivity contribution in [2.24, 2.45) is 5.92 Å². The van der Waals surface area contributed by atoms with E-state index in [9.17, 15) is 0 Å². The predicted octanol–water partition coefficient (Wildman–Crippen LogP) is 5.73. The Kier molecular flexibility index (Phi) is 6.12. The first kappa shape index (κ1) is 23.3. The van der Waals surface area contributed by atoms with Crippen molar-refractivity contribution in [1.82, 2.24) is 19.6 Å². The van der Waals surface area contributed by atoms with Crippen molar-refractivity contribution in [3.8, 4) is 22.9 Å². The van der Waals surface area contributed by atoms with Gasteiger partial charge in [0.2, 0.25) is 5.95 Å². The lowest BCUT2D eigenvalue weighted by atomic mass is 9.90. The van der Waals surface area contributed by atoms with E-state index >= 15 is 0 Å². The molecule has 0 unspecified atom stereocenters. The van der Waals surface area contributed by atoms with Crippen molar-refractivity contribution in [3.63, 3.8) is 0 Å². The molecule has 0 spiro atoms. The summed E-state index contributed by atoms with van der Waals surface area (Å²) in [5, 5.41) is 10.3. The first-order valence-corrected chi connectivity index (χ1v) is 12.8. The van der Waals surface area contributed by atoms with Crippen molar-refractivity contribution in [3.05, 3.63) is 77.9 Å². The molecule has 1 aliphatic rings. The van der Waals surface area contributed by atoms with Gasteiger partial charge in [-0.1, -0.05) is 42.0 Å². The molecule has 1 aliphatic heterocycles. The van der Waals surface area contributed by atoms with Gasteiger partial charge < -0.3 is 14.4 Å². The number of ether oxygens (including phenoxy) is 2. The number of rotatable bonds is 6. The van der Waals surface area contributed by atoms with E-state index in [2.05, 4.69) is 75.0 Å². The maximum Gasteiger partial charge on any atom is 0.213 e. The summed E-state index contributed by atoms with van der Waals surface area (Å²) in [7, 11) is 3.31. The summed E-state index contributed by atoms with van der Waals surface area (Å²) < 4.78 is 13.2. The van der Waals surface area contributed by atoms with Gasteiger partial charge in [-0.25, -0.2) is 9.38 Å². The van der Waals surface area contributed by atoms with Gasteiger partial charge in [0, 0.05) is 30.1 Å². The maximum atomic E-state index is 5.54. The highest BCUT2D eigenvalue weighted by Gasteiger charge is 2.25. The van der Waals surface area contributed by atoms with Gasteiger partial charge in [0.25, 0.3) is 0 Å². The zero-order chi connectivity index (χ0) is 25.4. The van der Waals surface area contributed by atoms with Crippen molar-refractivity contribution in [2.45, 2.75) is 26.2 Å². The van der Waals surface area contributed by atoms with Gasteiger partial charge in [-0.15, -0.1) is 10.2 Å². The average molecular weight is 494 g/mol. The Balaban J connectivity index is 1.43. The second-order valence-electron chi connectivity index (χ2n) is 9.84. The average Bonchev–Trinajstić information content (AvgIpc) is 3.39. The van der Waals surface area contributed by atoms with Crippen LogP contribution < -0.4 is 14.4 Å². The molecule has 188 valence electrons. The molecular weight excluding hydrogens is 462 g/mol. The Labute approximate surface area is 216 Å². The molecule has 5 aromatic rings. The van der Waals surface area contributed by atoms with E-state index in [1.807, 2.05) is 18.2 Å². The van der Waals surface area contributed by atoms with Crippen LogP contribution >= 0.6 is 0 Å². The Hall–Kier alpha value is -4.13. The van der Waals surface area contributed by atoms with E-state index in [4.69, 9.17) is 14.5 Å². The monoisotopic (exact) mass is 493 g/mol. The van der Waals surface area contributed by atoms with E-state index in [-0.39, 0.29) is 0 Å². The Morgan fingerprint density at radius 1 is 0.865 bits per heavy atom. The van der Waals surface area contributed by atoms with Crippen LogP contribution in [0.5, 0.6) is 11.5 Å². The van der Waals surface area contributed by atoms with Crippen LogP contribution in [-0.2, 0) is 6.42 Å². The van der Waals surface area contributed by atoms with Gasteiger partial charge in [0.05, 0.1) is 19.7 Å². The van der Waals surface area contributed by atoms with E-state index in [0.29, 0.717) is 17.4 Å². The minimum Gasteiger partial charge on any atom is -0.497 e. The second-order valence-corrected chi connectivity index (χ2v) is 9.84. The number of hydrogen-bond acceptors (Lipinski definition) is 6. The van der Waals surface area contributed by atoms with Crippen molar-refractivity contribution < 1.29 is 9.47 Å². The first-order valence-electron chi connectivity index (χ1n) is 12.8. The topological polar surface area (TPSA) is 64.8 Å². The summed E-state index contributed by atoms with van der Waals surface area (Å²) in [4.78, 5) is 7.55. The predicted molar refractivity (Wildman–Crippen MR) is 147 cm³/mol. The highest BCUT2D eigenvalue weighted by Crippen LogP contribution is 2.34. The molecule has 1 fully saturated rings. The molecule has 37 heavy (non-hydrogen) atoms. The third kappa shape index (κ3) is 4.46. The fourth-order valence-corrected chi connectivity index (χ4v) is 5.35. The number of methoxy groups -OCH3 is 2. The quantitative estimate of drug-likeness (QED) is 0.301. The third-order valence-electron chi connectivity index (χ3n) is 7.35. The maximum absolute atomic E-state index is 5.54. The lowest BCUT2D eigenvalue weighted by Gasteiger charge is -2.33. The molecule has 7 heteroatoms. The molecule has 1 saturated heterocycles. The largest absolute Gasteiger partial charge is 0.497 e. The fourth-order valence-electron chi connectivity index (χ4n) is 5.35. The summed E-state index contributed by atoms with van der Waals surface area (Å²) in [6.07, 6.45) is 3.36. The summed E-state index contributed by atoms with van der Waals surface area (Å²) in [6.45, 7) is 3.97. The molecule has 0 bridgehead atoms. The molecule has 0 aliphatic carbocycles. The number of hydrogen-bond donors (Lipinski definition) is 0. The number of aryl methyl sites for hydroxylation is 1. The van der Waals surface area contributed by atoms with Crippen LogP contribution in [-0.4, -0.2) is 46.9 Å². The van der Waals surface area contributed by atoms with Crippen LogP contribution in [0.1, 0.15) is 24.0 Å². The Morgan fingerprint density at radius 2 is 1.59 bits per heavy atom. The molecule has 0 amide bonds. The number of piperidine rings is 1.